The zero-order chi connectivity index (χ0) is 33.8. The summed E-state index contributed by atoms with van der Waals surface area (Å²) in [4.78, 5) is 46.5. The molecule has 0 aliphatic heterocycles. The lowest BCUT2D eigenvalue weighted by atomic mass is 9.78. The summed E-state index contributed by atoms with van der Waals surface area (Å²) in [6.45, 7) is 4.30. The highest BCUT2D eigenvalue weighted by molar-refractivity contribution is 5.93. The van der Waals surface area contributed by atoms with E-state index in [0.29, 0.717) is 34.4 Å². The maximum atomic E-state index is 12.0. The molecule has 4 aromatic carbocycles. The van der Waals surface area contributed by atoms with Crippen molar-refractivity contribution in [3.8, 4) is 23.0 Å². The van der Waals surface area contributed by atoms with E-state index in [-0.39, 0.29) is 42.9 Å². The first-order valence-electron chi connectivity index (χ1n) is 15.1. The molecular formula is C37H38N2O8. The number of anilines is 2. The third kappa shape index (κ3) is 10.2. The summed E-state index contributed by atoms with van der Waals surface area (Å²) in [5.74, 6) is 1.20. The van der Waals surface area contributed by atoms with Crippen LogP contribution >= 0.6 is 0 Å². The molecule has 4 aromatic rings. The molecule has 0 unspecified atom stereocenters. The summed E-state index contributed by atoms with van der Waals surface area (Å²) < 4.78 is 21.1. The number of rotatable bonds is 14. The van der Waals surface area contributed by atoms with Gasteiger partial charge in [-0.3, -0.25) is 19.2 Å². The van der Waals surface area contributed by atoms with Gasteiger partial charge in [0.25, 0.3) is 0 Å². The molecule has 2 amide bonds. The molecule has 47 heavy (non-hydrogen) atoms. The summed E-state index contributed by atoms with van der Waals surface area (Å²) in [5.41, 5.74) is 3.13. The van der Waals surface area contributed by atoms with Crippen LogP contribution in [-0.4, -0.2) is 38.0 Å². The second-order valence-corrected chi connectivity index (χ2v) is 11.2. The van der Waals surface area contributed by atoms with Crippen molar-refractivity contribution in [2.75, 3.05) is 24.9 Å². The lowest BCUT2D eigenvalue weighted by Crippen LogP contribution is -2.18. The highest BCUT2D eigenvalue weighted by atomic mass is 16.5. The Morgan fingerprint density at radius 3 is 1.09 bits per heavy atom. The minimum Gasteiger partial charge on any atom is -0.469 e. The van der Waals surface area contributed by atoms with Crippen LogP contribution in [0.5, 0.6) is 23.0 Å². The van der Waals surface area contributed by atoms with Gasteiger partial charge in [0, 0.05) is 29.6 Å². The average Bonchev–Trinajstić information content (AvgIpc) is 3.08. The first kappa shape index (κ1) is 34.2. The predicted octanol–water partition coefficient (Wildman–Crippen LogP) is 7.38. The van der Waals surface area contributed by atoms with Gasteiger partial charge in [0.1, 0.15) is 23.0 Å². The summed E-state index contributed by atoms with van der Waals surface area (Å²) in [5, 5.41) is 5.50. The first-order chi connectivity index (χ1) is 22.5. The minimum atomic E-state index is -0.428. The molecule has 10 nitrogen and oxygen atoms in total. The van der Waals surface area contributed by atoms with Crippen molar-refractivity contribution < 1.29 is 38.1 Å². The van der Waals surface area contributed by atoms with Crippen LogP contribution in [0.25, 0.3) is 0 Å². The van der Waals surface area contributed by atoms with E-state index in [0.717, 1.165) is 11.1 Å². The fourth-order valence-corrected chi connectivity index (χ4v) is 4.61. The van der Waals surface area contributed by atoms with E-state index in [9.17, 15) is 19.2 Å². The monoisotopic (exact) mass is 638 g/mol. The van der Waals surface area contributed by atoms with Crippen LogP contribution in [0.1, 0.15) is 50.7 Å². The van der Waals surface area contributed by atoms with Gasteiger partial charge in [0.15, 0.2) is 0 Å². The average molecular weight is 639 g/mol. The molecule has 0 saturated heterocycles. The molecule has 0 bridgehead atoms. The van der Waals surface area contributed by atoms with Gasteiger partial charge in [0.2, 0.25) is 11.8 Å². The van der Waals surface area contributed by atoms with E-state index in [1.165, 1.54) is 14.2 Å². The molecule has 4 rings (SSSR count). The number of methoxy groups -OCH3 is 2. The second kappa shape index (κ2) is 16.1. The van der Waals surface area contributed by atoms with E-state index < -0.39 is 11.9 Å². The topological polar surface area (TPSA) is 129 Å². The molecule has 0 spiro atoms. The van der Waals surface area contributed by atoms with Gasteiger partial charge in [-0.05, 0) is 83.9 Å². The van der Waals surface area contributed by atoms with Gasteiger partial charge < -0.3 is 29.6 Å². The van der Waals surface area contributed by atoms with Crippen LogP contribution < -0.4 is 20.1 Å². The highest BCUT2D eigenvalue weighted by Crippen LogP contribution is 2.35. The molecule has 0 aliphatic carbocycles. The summed E-state index contributed by atoms with van der Waals surface area (Å²) in [6, 6.07) is 29.8. The summed E-state index contributed by atoms with van der Waals surface area (Å²) >= 11 is 0. The zero-order valence-corrected chi connectivity index (χ0v) is 26.8. The van der Waals surface area contributed by atoms with Gasteiger partial charge in [-0.1, -0.05) is 38.1 Å². The maximum absolute atomic E-state index is 12.0. The van der Waals surface area contributed by atoms with E-state index in [2.05, 4.69) is 34.0 Å². The number of ether oxygens (including phenoxy) is 4. The molecule has 0 aliphatic rings. The Hall–Kier alpha value is -5.64. The van der Waals surface area contributed by atoms with Crippen molar-refractivity contribution in [1.29, 1.82) is 0 Å². The molecule has 2 N–H and O–H groups in total. The Balaban J connectivity index is 1.29. The van der Waals surface area contributed by atoms with Crippen LogP contribution in [0.3, 0.4) is 0 Å². The van der Waals surface area contributed by atoms with E-state index in [1.54, 1.807) is 48.5 Å². The van der Waals surface area contributed by atoms with E-state index in [1.807, 2.05) is 48.5 Å². The van der Waals surface area contributed by atoms with Crippen molar-refractivity contribution in [2.24, 2.45) is 0 Å². The Bertz CT molecular complexity index is 1540. The molecule has 0 aromatic heterocycles. The number of hydrogen-bond acceptors (Lipinski definition) is 8. The standard InChI is InChI=1S/C37H38N2O8/c1-37(2,25-5-13-29(14-6-25)46-31-17-9-27(10-18-31)38-33(40)21-23-35(42)44-3)26-7-15-30(16-8-26)47-32-19-11-28(12-20-32)39-34(41)22-24-36(43)45-4/h5-20H,21-24H2,1-4H3,(H,38,40)(H,39,41). The van der Waals surface area contributed by atoms with Crippen molar-refractivity contribution >= 4 is 35.1 Å². The number of amides is 2. The zero-order valence-electron chi connectivity index (χ0n) is 26.8. The Kier molecular flexibility index (Phi) is 11.7. The van der Waals surface area contributed by atoms with Crippen molar-refractivity contribution in [3.05, 3.63) is 108 Å². The van der Waals surface area contributed by atoms with Crippen molar-refractivity contribution in [3.63, 3.8) is 0 Å². The number of nitrogens with one attached hydrogen (secondary N) is 2. The van der Waals surface area contributed by atoms with Gasteiger partial charge in [-0.25, -0.2) is 0 Å². The smallest absolute Gasteiger partial charge is 0.306 e. The van der Waals surface area contributed by atoms with E-state index >= 15 is 0 Å². The fraction of sp³-hybridized carbons (Fsp3) is 0.243. The molecule has 0 fully saturated rings. The Labute approximate surface area is 274 Å². The maximum Gasteiger partial charge on any atom is 0.306 e. The second-order valence-electron chi connectivity index (χ2n) is 11.2. The number of carbonyl (C=O) groups excluding carboxylic acids is 4. The molecule has 244 valence electrons. The minimum absolute atomic E-state index is 0.0268. The van der Waals surface area contributed by atoms with Crippen LogP contribution in [0.2, 0.25) is 0 Å². The van der Waals surface area contributed by atoms with Gasteiger partial charge in [-0.2, -0.15) is 0 Å². The molecule has 0 heterocycles. The molecule has 0 saturated carbocycles. The van der Waals surface area contributed by atoms with E-state index in [4.69, 9.17) is 9.47 Å². The van der Waals surface area contributed by atoms with Gasteiger partial charge in [0.05, 0.1) is 27.1 Å². The molecule has 10 heteroatoms. The molecular weight excluding hydrogens is 600 g/mol. The van der Waals surface area contributed by atoms with Crippen molar-refractivity contribution in [2.45, 2.75) is 44.9 Å². The van der Waals surface area contributed by atoms with Crippen LogP contribution in [0.15, 0.2) is 97.1 Å². The Morgan fingerprint density at radius 1 is 0.489 bits per heavy atom. The summed E-state index contributed by atoms with van der Waals surface area (Å²) in [7, 11) is 2.58. The van der Waals surface area contributed by atoms with Gasteiger partial charge >= 0.3 is 11.9 Å². The largest absolute Gasteiger partial charge is 0.469 e. The van der Waals surface area contributed by atoms with Crippen LogP contribution in [0, 0.1) is 0 Å². The number of hydrogen-bond donors (Lipinski definition) is 2. The predicted molar refractivity (Wildman–Crippen MR) is 178 cm³/mol. The Morgan fingerprint density at radius 2 is 0.787 bits per heavy atom. The van der Waals surface area contributed by atoms with Gasteiger partial charge in [-0.15, -0.1) is 0 Å². The first-order valence-corrected chi connectivity index (χ1v) is 15.1. The van der Waals surface area contributed by atoms with Crippen molar-refractivity contribution in [1.82, 2.24) is 0 Å². The third-order valence-electron chi connectivity index (χ3n) is 7.47. The molecule has 0 radical (unpaired) electrons. The van der Waals surface area contributed by atoms with Crippen LogP contribution in [0.4, 0.5) is 11.4 Å². The quantitative estimate of drug-likeness (QED) is 0.137. The lowest BCUT2D eigenvalue weighted by Gasteiger charge is -2.26. The number of benzene rings is 4. The number of carbonyl (C=O) groups is 4. The lowest BCUT2D eigenvalue weighted by molar-refractivity contribution is -0.142. The third-order valence-corrected chi connectivity index (χ3v) is 7.47. The summed E-state index contributed by atoms with van der Waals surface area (Å²) in [6.07, 6.45) is 0.150. The SMILES string of the molecule is COC(=O)CCC(=O)Nc1ccc(Oc2ccc(C(C)(C)c3ccc(Oc4ccc(NC(=O)CCC(=O)OC)cc4)cc3)cc2)cc1. The number of esters is 2. The highest BCUT2D eigenvalue weighted by Gasteiger charge is 2.23. The molecule has 0 atom stereocenters. The normalized spacial score (nSPS) is 10.8. The van der Waals surface area contributed by atoms with Crippen LogP contribution in [-0.2, 0) is 34.1 Å². The fourth-order valence-electron chi connectivity index (χ4n) is 4.61.